The maximum atomic E-state index is 12.2. The summed E-state index contributed by atoms with van der Waals surface area (Å²) in [6, 6.07) is 31.8. The fraction of sp³-hybridized carbons (Fsp3) is 0.222. The molecule has 0 aliphatic heterocycles. The van der Waals surface area contributed by atoms with Gasteiger partial charge in [-0.3, -0.25) is 0 Å². The molecule has 9 N–H and O–H groups in total. The highest BCUT2D eigenvalue weighted by molar-refractivity contribution is 5.90. The van der Waals surface area contributed by atoms with E-state index in [0.717, 1.165) is 16.2 Å². The molecule has 0 saturated carbocycles. The van der Waals surface area contributed by atoms with E-state index in [1.54, 1.807) is 77.9 Å². The van der Waals surface area contributed by atoms with E-state index in [4.69, 9.17) is 0 Å². The van der Waals surface area contributed by atoms with E-state index in [1.165, 1.54) is 36.4 Å². The van der Waals surface area contributed by atoms with Gasteiger partial charge < -0.3 is 46.0 Å². The zero-order valence-corrected chi connectivity index (χ0v) is 36.1. The molecule has 0 radical (unpaired) electrons. The molecule has 0 spiro atoms. The normalized spacial score (nSPS) is 15.7. The third-order valence-corrected chi connectivity index (χ3v) is 12.5. The summed E-state index contributed by atoms with van der Waals surface area (Å²) in [7, 11) is 0. The van der Waals surface area contributed by atoms with Gasteiger partial charge in [0.2, 0.25) is 0 Å². The molecule has 9 nitrogen and oxygen atoms in total. The minimum atomic E-state index is -1.39. The lowest BCUT2D eigenvalue weighted by atomic mass is 9.81. The molecule has 6 atom stereocenters. The van der Waals surface area contributed by atoms with Crippen LogP contribution >= 0.6 is 0 Å². The number of benzene rings is 7. The van der Waals surface area contributed by atoms with E-state index < -0.39 is 36.6 Å². The molecule has 0 heterocycles. The van der Waals surface area contributed by atoms with E-state index in [1.807, 2.05) is 54.6 Å². The summed E-state index contributed by atoms with van der Waals surface area (Å²) in [6.07, 6.45) is -3.64. The Morgan fingerprint density at radius 3 is 0.841 bits per heavy atom. The number of aromatic hydroxyl groups is 3. The molecule has 0 fully saturated rings. The van der Waals surface area contributed by atoms with Crippen LogP contribution in [0.3, 0.4) is 0 Å². The molecule has 6 unspecified atom stereocenters. The van der Waals surface area contributed by atoms with Gasteiger partial charge in [0.05, 0.1) is 18.3 Å². The first-order valence-electron chi connectivity index (χ1n) is 20.9. The topological polar surface area (TPSA) is 182 Å². The number of aliphatic hydroxyl groups excluding tert-OH is 6. The molecule has 63 heavy (non-hydrogen) atoms. The lowest BCUT2D eigenvalue weighted by Gasteiger charge is -2.28. The van der Waals surface area contributed by atoms with E-state index in [2.05, 4.69) is 0 Å². The molecule has 7 rings (SSSR count). The smallest absolute Gasteiger partial charge is 0.122 e. The fourth-order valence-corrected chi connectivity index (χ4v) is 9.28. The number of hydrogen-bond donors (Lipinski definition) is 9. The molecule has 0 aromatic heterocycles. The molecule has 0 amide bonds. The average molecular weight is 847 g/mol. The van der Waals surface area contributed by atoms with Crippen LogP contribution in [0.2, 0.25) is 0 Å². The highest BCUT2D eigenvalue weighted by atomic mass is 16.3. The molecular formula is C54H54O9. The lowest BCUT2D eigenvalue weighted by molar-refractivity contribution is 0.192. The summed E-state index contributed by atoms with van der Waals surface area (Å²) < 4.78 is 0. The third kappa shape index (κ3) is 8.47. The Balaban J connectivity index is 1.35. The zero-order valence-electron chi connectivity index (χ0n) is 36.1. The van der Waals surface area contributed by atoms with Crippen molar-refractivity contribution in [1.82, 2.24) is 0 Å². The number of phenols is 3. The van der Waals surface area contributed by atoms with Gasteiger partial charge in [-0.25, -0.2) is 0 Å². The van der Waals surface area contributed by atoms with Crippen molar-refractivity contribution < 1.29 is 46.0 Å². The number of phenolic OH excluding ortho intramolecular Hbond substituents is 3. The standard InChI is InChI=1S/C54H54O9/c1-28(52(61)49-37-16-10-7-13-34(37)19-22-40(49)55)25-43(58)46-31(4)47(44(59)26-29(2)53(62)50-38-17-11-8-14-35(38)20-23-41(50)56)33(6)48(32(46)5)45(60)27-30(3)54(63)51-39-18-12-9-15-36(39)21-24-42(51)57/h7-27,43-45,52-63H,1-6H3/b28-25+,29-26+,30-27+. The second-order valence-corrected chi connectivity index (χ2v) is 16.5. The van der Waals surface area contributed by atoms with Crippen molar-refractivity contribution in [1.29, 1.82) is 0 Å². The van der Waals surface area contributed by atoms with Gasteiger partial charge in [-0.15, -0.1) is 0 Å². The van der Waals surface area contributed by atoms with Gasteiger partial charge >= 0.3 is 0 Å². The quantitative estimate of drug-likeness (QED) is 0.0541. The van der Waals surface area contributed by atoms with E-state index in [9.17, 15) is 46.0 Å². The lowest BCUT2D eigenvalue weighted by Crippen LogP contribution is -2.15. The van der Waals surface area contributed by atoms with Crippen molar-refractivity contribution in [2.75, 3.05) is 0 Å². The van der Waals surface area contributed by atoms with Crippen molar-refractivity contribution in [3.63, 3.8) is 0 Å². The molecule has 7 aromatic carbocycles. The maximum Gasteiger partial charge on any atom is 0.122 e. The van der Waals surface area contributed by atoms with Crippen LogP contribution in [0.5, 0.6) is 17.2 Å². The Morgan fingerprint density at radius 2 is 0.587 bits per heavy atom. The molecule has 0 saturated heterocycles. The number of hydrogen-bond acceptors (Lipinski definition) is 9. The van der Waals surface area contributed by atoms with Crippen LogP contribution in [0.25, 0.3) is 32.3 Å². The molecule has 9 heteroatoms. The second kappa shape index (κ2) is 18.2. The third-order valence-electron chi connectivity index (χ3n) is 12.5. The predicted molar refractivity (Wildman–Crippen MR) is 249 cm³/mol. The van der Waals surface area contributed by atoms with Gasteiger partial charge in [-0.1, -0.05) is 91.0 Å². The largest absolute Gasteiger partial charge is 0.508 e. The van der Waals surface area contributed by atoms with E-state index >= 15 is 0 Å². The van der Waals surface area contributed by atoms with E-state index in [-0.39, 0.29) is 33.9 Å². The number of aliphatic hydroxyl groups is 6. The predicted octanol–water partition coefficient (Wildman–Crippen LogP) is 10.3. The van der Waals surface area contributed by atoms with Gasteiger partial charge in [0.25, 0.3) is 0 Å². The Labute approximate surface area is 366 Å². The van der Waals surface area contributed by atoms with Crippen LogP contribution in [0.4, 0.5) is 0 Å². The van der Waals surface area contributed by atoms with Crippen molar-refractivity contribution in [2.24, 2.45) is 0 Å². The Bertz CT molecular complexity index is 2620. The SMILES string of the molecule is C/C(=C\C(O)c1c(C)c(C(O)/C=C(\C)C(O)c2c(O)ccc3ccccc23)c(C)c(C(O)/C=C(\C)C(O)c2c(O)ccc3ccccc23)c1C)C(O)c1c(O)ccc2ccccc12. The van der Waals surface area contributed by atoms with E-state index in [0.29, 0.717) is 66.3 Å². The Kier molecular flexibility index (Phi) is 12.9. The van der Waals surface area contributed by atoms with Crippen molar-refractivity contribution in [2.45, 2.75) is 78.2 Å². The number of fused-ring (bicyclic) bond motifs is 3. The summed E-state index contributed by atoms with van der Waals surface area (Å²) in [4.78, 5) is 0. The summed E-state index contributed by atoms with van der Waals surface area (Å²) >= 11 is 0. The molecule has 7 aromatic rings. The zero-order chi connectivity index (χ0) is 45.4. The highest BCUT2D eigenvalue weighted by Crippen LogP contribution is 2.44. The van der Waals surface area contributed by atoms with Gasteiger partial charge in [-0.05, 0) is 160 Å². The van der Waals surface area contributed by atoms with Crippen LogP contribution in [-0.4, -0.2) is 46.0 Å². The minimum absolute atomic E-state index is 0.107. The van der Waals surface area contributed by atoms with Crippen LogP contribution in [0.15, 0.2) is 144 Å². The first-order valence-corrected chi connectivity index (χ1v) is 20.9. The molecule has 0 bridgehead atoms. The fourth-order valence-electron chi connectivity index (χ4n) is 9.28. The molecular weight excluding hydrogens is 793 g/mol. The summed E-state index contributed by atoms with van der Waals surface area (Å²) in [5.41, 5.74) is 4.34. The number of rotatable bonds is 12. The van der Waals surface area contributed by atoms with Gasteiger partial charge in [0.1, 0.15) is 35.6 Å². The van der Waals surface area contributed by atoms with Crippen molar-refractivity contribution in [3.8, 4) is 17.2 Å². The maximum absolute atomic E-state index is 12.2. The first kappa shape index (κ1) is 44.7. The van der Waals surface area contributed by atoms with Crippen molar-refractivity contribution >= 4 is 32.3 Å². The van der Waals surface area contributed by atoms with Gasteiger partial charge in [0.15, 0.2) is 0 Å². The average Bonchev–Trinajstić information content (AvgIpc) is 3.25. The summed E-state index contributed by atoms with van der Waals surface area (Å²) in [6.45, 7) is 10.2. The van der Waals surface area contributed by atoms with Gasteiger partial charge in [0, 0.05) is 16.7 Å². The highest BCUT2D eigenvalue weighted by Gasteiger charge is 2.29. The molecule has 0 aliphatic rings. The minimum Gasteiger partial charge on any atom is -0.508 e. The van der Waals surface area contributed by atoms with Crippen LogP contribution < -0.4 is 0 Å². The Morgan fingerprint density at radius 1 is 0.349 bits per heavy atom. The second-order valence-electron chi connectivity index (χ2n) is 16.5. The molecule has 324 valence electrons. The van der Waals surface area contributed by atoms with Gasteiger partial charge in [-0.2, -0.15) is 0 Å². The first-order chi connectivity index (χ1) is 30.0. The Hall–Kier alpha value is -6.30. The van der Waals surface area contributed by atoms with Crippen LogP contribution in [0, 0.1) is 20.8 Å². The van der Waals surface area contributed by atoms with Crippen LogP contribution in [-0.2, 0) is 0 Å². The van der Waals surface area contributed by atoms with Crippen molar-refractivity contribution in [3.05, 3.63) is 194 Å². The van der Waals surface area contributed by atoms with Crippen LogP contribution in [0.1, 0.15) is 107 Å². The monoisotopic (exact) mass is 846 g/mol. The summed E-state index contributed by atoms with van der Waals surface area (Å²) in [5, 5.41) is 109. The molecule has 0 aliphatic carbocycles. The summed E-state index contributed by atoms with van der Waals surface area (Å²) in [5.74, 6) is -0.321.